The van der Waals surface area contributed by atoms with Crippen LogP contribution in [0.2, 0.25) is 0 Å². The standard InChI is InChI=1S/C7H5F3N2O5/c1-16-4-3(13)2-11-6(12(14)15)5(4)17-7(8,9)10/h2,13H,1H3. The van der Waals surface area contributed by atoms with Gasteiger partial charge in [-0.25, -0.2) is 0 Å². The van der Waals surface area contributed by atoms with Gasteiger partial charge in [-0.2, -0.15) is 0 Å². The largest absolute Gasteiger partial charge is 0.573 e. The lowest BCUT2D eigenvalue weighted by Gasteiger charge is -2.12. The van der Waals surface area contributed by atoms with Gasteiger partial charge in [0.2, 0.25) is 11.5 Å². The van der Waals surface area contributed by atoms with Crippen LogP contribution in [0.4, 0.5) is 19.0 Å². The monoisotopic (exact) mass is 254 g/mol. The van der Waals surface area contributed by atoms with Crippen LogP contribution in [-0.2, 0) is 0 Å². The lowest BCUT2D eigenvalue weighted by atomic mass is 10.3. The summed E-state index contributed by atoms with van der Waals surface area (Å²) in [6.07, 6.45) is -4.59. The number of halogens is 3. The van der Waals surface area contributed by atoms with Crippen LogP contribution in [0.1, 0.15) is 0 Å². The highest BCUT2D eigenvalue weighted by Gasteiger charge is 2.38. The molecule has 7 nitrogen and oxygen atoms in total. The SMILES string of the molecule is COc1c(O)cnc([N+](=O)[O-])c1OC(F)(F)F. The van der Waals surface area contributed by atoms with E-state index in [4.69, 9.17) is 5.11 Å². The average Bonchev–Trinajstić information content (AvgIpc) is 2.15. The molecule has 0 aromatic carbocycles. The molecule has 0 unspecified atom stereocenters. The van der Waals surface area contributed by atoms with Crippen LogP contribution in [-0.4, -0.2) is 28.5 Å². The molecule has 17 heavy (non-hydrogen) atoms. The first-order valence-corrected chi connectivity index (χ1v) is 3.92. The van der Waals surface area contributed by atoms with Crippen LogP contribution in [0.5, 0.6) is 17.2 Å². The molecule has 0 bridgehead atoms. The molecular formula is C7H5F3N2O5. The van der Waals surface area contributed by atoms with E-state index in [1.807, 2.05) is 0 Å². The van der Waals surface area contributed by atoms with Crippen LogP contribution in [0.3, 0.4) is 0 Å². The number of aromatic nitrogens is 1. The highest BCUT2D eigenvalue weighted by atomic mass is 19.4. The van der Waals surface area contributed by atoms with Gasteiger partial charge < -0.3 is 24.7 Å². The molecule has 0 saturated heterocycles. The van der Waals surface area contributed by atoms with Crippen molar-refractivity contribution in [3.8, 4) is 17.2 Å². The maximum Gasteiger partial charge on any atom is 0.573 e. The van der Waals surface area contributed by atoms with Gasteiger partial charge in [-0.15, -0.1) is 13.2 Å². The predicted molar refractivity (Wildman–Crippen MR) is 45.8 cm³/mol. The molecule has 0 atom stereocenters. The van der Waals surface area contributed by atoms with Gasteiger partial charge in [0.05, 0.1) is 7.11 Å². The molecule has 94 valence electrons. The molecular weight excluding hydrogens is 249 g/mol. The molecule has 0 radical (unpaired) electrons. The number of nitrogens with zero attached hydrogens (tertiary/aromatic N) is 2. The second-order valence-corrected chi connectivity index (χ2v) is 2.63. The van der Waals surface area contributed by atoms with Crippen molar-refractivity contribution in [2.24, 2.45) is 0 Å². The number of hydrogen-bond acceptors (Lipinski definition) is 6. The lowest BCUT2D eigenvalue weighted by Crippen LogP contribution is -2.19. The fourth-order valence-electron chi connectivity index (χ4n) is 0.992. The summed E-state index contributed by atoms with van der Waals surface area (Å²) in [7, 11) is 0.919. The first-order chi connectivity index (χ1) is 7.76. The van der Waals surface area contributed by atoms with Crippen LogP contribution >= 0.6 is 0 Å². The van der Waals surface area contributed by atoms with Crippen LogP contribution < -0.4 is 9.47 Å². The summed E-state index contributed by atoms with van der Waals surface area (Å²) in [5.41, 5.74) is 0. The Balaban J connectivity index is 3.39. The highest BCUT2D eigenvalue weighted by Crippen LogP contribution is 2.43. The van der Waals surface area contributed by atoms with Crippen molar-refractivity contribution < 1.29 is 32.7 Å². The maximum absolute atomic E-state index is 12.0. The Hall–Kier alpha value is -2.26. The first kappa shape index (κ1) is 12.8. The molecule has 1 rings (SSSR count). The van der Waals surface area contributed by atoms with E-state index in [1.54, 1.807) is 0 Å². The van der Waals surface area contributed by atoms with E-state index < -0.39 is 34.4 Å². The van der Waals surface area contributed by atoms with Gasteiger partial charge in [-0.05, 0) is 9.91 Å². The Morgan fingerprint density at radius 1 is 1.47 bits per heavy atom. The second-order valence-electron chi connectivity index (χ2n) is 2.63. The summed E-state index contributed by atoms with van der Waals surface area (Å²) in [6, 6.07) is 0. The third kappa shape index (κ3) is 2.86. The number of nitro groups is 1. The predicted octanol–water partition coefficient (Wildman–Crippen LogP) is 1.60. The Morgan fingerprint density at radius 2 is 2.06 bits per heavy atom. The summed E-state index contributed by atoms with van der Waals surface area (Å²) in [4.78, 5) is 12.3. The van der Waals surface area contributed by atoms with Crippen LogP contribution in [0.15, 0.2) is 6.20 Å². The quantitative estimate of drug-likeness (QED) is 0.650. The number of methoxy groups -OCH3 is 1. The Kier molecular flexibility index (Phi) is 3.25. The van der Waals surface area contributed by atoms with Gasteiger partial charge in [0, 0.05) is 0 Å². The van der Waals surface area contributed by atoms with E-state index in [1.165, 1.54) is 0 Å². The molecule has 1 aromatic heterocycles. The topological polar surface area (TPSA) is 94.7 Å². The normalized spacial score (nSPS) is 11.1. The van der Waals surface area contributed by atoms with E-state index in [0.717, 1.165) is 7.11 Å². The lowest BCUT2D eigenvalue weighted by molar-refractivity contribution is -0.393. The van der Waals surface area contributed by atoms with E-state index in [-0.39, 0.29) is 0 Å². The van der Waals surface area contributed by atoms with Crippen LogP contribution in [0, 0.1) is 10.1 Å². The average molecular weight is 254 g/mol. The zero-order chi connectivity index (χ0) is 13.2. The third-order valence-corrected chi connectivity index (χ3v) is 1.55. The zero-order valence-electron chi connectivity index (χ0n) is 8.19. The van der Waals surface area contributed by atoms with Crippen molar-refractivity contribution in [2.45, 2.75) is 6.36 Å². The number of rotatable bonds is 3. The second kappa shape index (κ2) is 4.31. The molecule has 0 aliphatic heterocycles. The minimum absolute atomic E-state index is 0.584. The number of pyridine rings is 1. The molecule has 0 spiro atoms. The van der Waals surface area contributed by atoms with Crippen molar-refractivity contribution in [3.05, 3.63) is 16.3 Å². The summed E-state index contributed by atoms with van der Waals surface area (Å²) in [5, 5.41) is 19.6. The van der Waals surface area contributed by atoms with E-state index in [0.29, 0.717) is 6.20 Å². The van der Waals surface area contributed by atoms with Gasteiger partial charge in [0.1, 0.15) is 0 Å². The van der Waals surface area contributed by atoms with Gasteiger partial charge in [-0.3, -0.25) is 0 Å². The van der Waals surface area contributed by atoms with Gasteiger partial charge >= 0.3 is 12.2 Å². The molecule has 0 aliphatic carbocycles. The zero-order valence-corrected chi connectivity index (χ0v) is 8.19. The smallest absolute Gasteiger partial charge is 0.502 e. The summed E-state index contributed by atoms with van der Waals surface area (Å²) < 4.78 is 43.9. The third-order valence-electron chi connectivity index (χ3n) is 1.55. The van der Waals surface area contributed by atoms with Crippen molar-refractivity contribution in [1.82, 2.24) is 4.98 Å². The van der Waals surface area contributed by atoms with Crippen LogP contribution in [0.25, 0.3) is 0 Å². The van der Waals surface area contributed by atoms with Crippen molar-refractivity contribution in [1.29, 1.82) is 0 Å². The van der Waals surface area contributed by atoms with Crippen molar-refractivity contribution in [2.75, 3.05) is 7.11 Å². The minimum Gasteiger partial charge on any atom is -0.502 e. The molecule has 0 fully saturated rings. The molecule has 0 aliphatic rings. The molecule has 1 N–H and O–H groups in total. The van der Waals surface area contributed by atoms with E-state index in [2.05, 4.69) is 14.5 Å². The summed E-state index contributed by atoms with van der Waals surface area (Å²) in [5.74, 6) is -4.14. The van der Waals surface area contributed by atoms with Gasteiger partial charge in [-0.1, -0.05) is 0 Å². The molecule has 0 amide bonds. The molecule has 0 saturated carbocycles. The van der Waals surface area contributed by atoms with E-state index in [9.17, 15) is 23.3 Å². The summed E-state index contributed by atoms with van der Waals surface area (Å²) in [6.45, 7) is 0. The van der Waals surface area contributed by atoms with Crippen molar-refractivity contribution >= 4 is 5.82 Å². The Bertz CT molecular complexity index is 448. The maximum atomic E-state index is 12.0. The fourth-order valence-corrected chi connectivity index (χ4v) is 0.992. The highest BCUT2D eigenvalue weighted by molar-refractivity contribution is 5.57. The fraction of sp³-hybridized carbons (Fsp3) is 0.286. The Labute approximate surface area is 91.6 Å². The van der Waals surface area contributed by atoms with Gasteiger partial charge in [0.15, 0.2) is 6.20 Å². The number of aromatic hydroxyl groups is 1. The minimum atomic E-state index is -5.17. The van der Waals surface area contributed by atoms with Gasteiger partial charge in [0.25, 0.3) is 5.75 Å². The molecule has 1 heterocycles. The Morgan fingerprint density at radius 3 is 2.47 bits per heavy atom. The number of ether oxygens (including phenoxy) is 2. The molecule has 10 heteroatoms. The number of hydrogen-bond donors (Lipinski definition) is 1. The number of alkyl halides is 3. The van der Waals surface area contributed by atoms with Crippen molar-refractivity contribution in [3.63, 3.8) is 0 Å². The summed E-state index contributed by atoms with van der Waals surface area (Å²) >= 11 is 0. The van der Waals surface area contributed by atoms with E-state index >= 15 is 0 Å². The first-order valence-electron chi connectivity index (χ1n) is 3.92. The molecule has 1 aromatic rings.